The second-order valence-electron chi connectivity index (χ2n) is 3.87. The quantitative estimate of drug-likeness (QED) is 0.677. The van der Waals surface area contributed by atoms with Crippen LogP contribution in [-0.2, 0) is 4.79 Å². The summed E-state index contributed by atoms with van der Waals surface area (Å²) in [6, 6.07) is 3.75. The molecule has 4 N–H and O–H groups in total. The molecule has 1 aromatic carbocycles. The van der Waals surface area contributed by atoms with Crippen molar-refractivity contribution < 1.29 is 14.0 Å². The number of nitrogens with two attached hydrogens (primary N) is 1. The van der Waals surface area contributed by atoms with Crippen molar-refractivity contribution in [1.82, 2.24) is 10.6 Å². The SMILES string of the molecule is CNC(=O)CCNC(=O)c1cc(F)ccc1C#CCN. The highest BCUT2D eigenvalue weighted by Gasteiger charge is 2.11. The third-order valence-electron chi connectivity index (χ3n) is 2.47. The summed E-state index contributed by atoms with van der Waals surface area (Å²) in [5.74, 6) is 4.13. The van der Waals surface area contributed by atoms with Gasteiger partial charge in [-0.15, -0.1) is 0 Å². The zero-order valence-electron chi connectivity index (χ0n) is 11.1. The molecular weight excluding hydrogens is 261 g/mol. The molecule has 0 unspecified atom stereocenters. The number of amides is 2. The highest BCUT2D eigenvalue weighted by molar-refractivity contribution is 5.97. The van der Waals surface area contributed by atoms with E-state index in [2.05, 4.69) is 22.5 Å². The minimum atomic E-state index is -0.528. The van der Waals surface area contributed by atoms with Crippen LogP contribution in [0.15, 0.2) is 18.2 Å². The summed E-state index contributed by atoms with van der Waals surface area (Å²) >= 11 is 0. The number of nitrogens with one attached hydrogen (secondary N) is 2. The third-order valence-corrected chi connectivity index (χ3v) is 2.47. The molecule has 0 spiro atoms. The number of rotatable bonds is 4. The van der Waals surface area contributed by atoms with Crippen LogP contribution in [0.4, 0.5) is 4.39 Å². The van der Waals surface area contributed by atoms with Gasteiger partial charge in [-0.1, -0.05) is 11.8 Å². The molecule has 1 rings (SSSR count). The molecule has 6 heteroatoms. The fourth-order valence-electron chi connectivity index (χ4n) is 1.47. The smallest absolute Gasteiger partial charge is 0.252 e. The van der Waals surface area contributed by atoms with E-state index in [-0.39, 0.29) is 31.0 Å². The van der Waals surface area contributed by atoms with Crippen molar-refractivity contribution in [2.75, 3.05) is 20.1 Å². The van der Waals surface area contributed by atoms with Crippen LogP contribution >= 0.6 is 0 Å². The van der Waals surface area contributed by atoms with Crippen molar-refractivity contribution in [1.29, 1.82) is 0 Å². The van der Waals surface area contributed by atoms with Gasteiger partial charge in [-0.2, -0.15) is 0 Å². The summed E-state index contributed by atoms with van der Waals surface area (Å²) in [5, 5.41) is 4.98. The zero-order chi connectivity index (χ0) is 15.0. The first-order valence-electron chi connectivity index (χ1n) is 6.05. The van der Waals surface area contributed by atoms with Crippen LogP contribution in [0.25, 0.3) is 0 Å². The maximum atomic E-state index is 13.2. The van der Waals surface area contributed by atoms with Gasteiger partial charge in [0.2, 0.25) is 5.91 Å². The molecule has 0 saturated heterocycles. The largest absolute Gasteiger partial charge is 0.359 e. The van der Waals surface area contributed by atoms with Crippen molar-refractivity contribution in [2.45, 2.75) is 6.42 Å². The third kappa shape index (κ3) is 4.71. The van der Waals surface area contributed by atoms with Crippen LogP contribution in [0.2, 0.25) is 0 Å². The molecule has 0 atom stereocenters. The summed E-state index contributed by atoms with van der Waals surface area (Å²) in [5.41, 5.74) is 5.79. The maximum Gasteiger partial charge on any atom is 0.252 e. The van der Waals surface area contributed by atoms with Gasteiger partial charge < -0.3 is 16.4 Å². The van der Waals surface area contributed by atoms with E-state index in [4.69, 9.17) is 5.73 Å². The topological polar surface area (TPSA) is 84.2 Å². The molecule has 0 radical (unpaired) electrons. The Labute approximate surface area is 116 Å². The molecule has 0 bridgehead atoms. The van der Waals surface area contributed by atoms with Crippen LogP contribution in [0, 0.1) is 17.7 Å². The lowest BCUT2D eigenvalue weighted by Gasteiger charge is -2.07. The van der Waals surface area contributed by atoms with Gasteiger partial charge in [-0.25, -0.2) is 4.39 Å². The van der Waals surface area contributed by atoms with Crippen molar-refractivity contribution in [3.63, 3.8) is 0 Å². The summed E-state index contributed by atoms with van der Waals surface area (Å²) < 4.78 is 13.2. The van der Waals surface area contributed by atoms with E-state index in [9.17, 15) is 14.0 Å². The van der Waals surface area contributed by atoms with Gasteiger partial charge in [-0.3, -0.25) is 9.59 Å². The standard InChI is InChI=1S/C14H16FN3O2/c1-17-13(19)6-8-18-14(20)12-9-11(15)5-4-10(12)3-2-7-16/h4-5,9H,6-8,16H2,1H3,(H,17,19)(H,18,20). The number of carbonyl (C=O) groups excluding carboxylic acids is 2. The van der Waals surface area contributed by atoms with Gasteiger partial charge in [0, 0.05) is 25.6 Å². The fraction of sp³-hybridized carbons (Fsp3) is 0.286. The average molecular weight is 277 g/mol. The first-order chi connectivity index (χ1) is 9.58. The first-order valence-corrected chi connectivity index (χ1v) is 6.05. The molecule has 0 fully saturated rings. The molecule has 0 aliphatic rings. The monoisotopic (exact) mass is 277 g/mol. The second kappa shape index (κ2) is 7.92. The Morgan fingerprint density at radius 1 is 1.40 bits per heavy atom. The highest BCUT2D eigenvalue weighted by Crippen LogP contribution is 2.10. The molecule has 0 aromatic heterocycles. The molecule has 0 heterocycles. The molecule has 0 aliphatic carbocycles. The number of carbonyl (C=O) groups is 2. The predicted octanol–water partition coefficient (Wildman–Crippen LogP) is 0.00180. The number of halogens is 1. The molecular formula is C14H16FN3O2. The highest BCUT2D eigenvalue weighted by atomic mass is 19.1. The summed E-state index contributed by atoms with van der Waals surface area (Å²) in [4.78, 5) is 23.0. The predicted molar refractivity (Wildman–Crippen MR) is 73.3 cm³/mol. The normalized spacial score (nSPS) is 9.35. The van der Waals surface area contributed by atoms with E-state index in [0.717, 1.165) is 6.07 Å². The lowest BCUT2D eigenvalue weighted by molar-refractivity contribution is -0.120. The lowest BCUT2D eigenvalue weighted by atomic mass is 10.1. The van der Waals surface area contributed by atoms with Crippen LogP contribution in [-0.4, -0.2) is 32.0 Å². The van der Waals surface area contributed by atoms with E-state index >= 15 is 0 Å². The second-order valence-corrected chi connectivity index (χ2v) is 3.87. The Morgan fingerprint density at radius 2 is 2.15 bits per heavy atom. The lowest BCUT2D eigenvalue weighted by Crippen LogP contribution is -2.29. The van der Waals surface area contributed by atoms with E-state index < -0.39 is 11.7 Å². The van der Waals surface area contributed by atoms with Crippen molar-refractivity contribution >= 4 is 11.8 Å². The van der Waals surface area contributed by atoms with E-state index in [1.165, 1.54) is 19.2 Å². The minimum absolute atomic E-state index is 0.128. The summed E-state index contributed by atoms with van der Waals surface area (Å²) in [6.45, 7) is 0.313. The number of hydrogen-bond donors (Lipinski definition) is 3. The zero-order valence-corrected chi connectivity index (χ0v) is 11.1. The molecule has 20 heavy (non-hydrogen) atoms. The van der Waals surface area contributed by atoms with Crippen LogP contribution in [0.1, 0.15) is 22.3 Å². The average Bonchev–Trinajstić information content (AvgIpc) is 2.45. The van der Waals surface area contributed by atoms with Gasteiger partial charge >= 0.3 is 0 Å². The molecule has 0 aliphatic heterocycles. The number of hydrogen-bond acceptors (Lipinski definition) is 3. The Morgan fingerprint density at radius 3 is 2.80 bits per heavy atom. The molecule has 5 nitrogen and oxygen atoms in total. The Hall–Kier alpha value is -2.39. The van der Waals surface area contributed by atoms with Crippen molar-refractivity contribution in [3.8, 4) is 11.8 Å². The molecule has 2 amide bonds. The summed E-state index contributed by atoms with van der Waals surface area (Å²) in [6.07, 6.45) is 0.154. The molecule has 1 aromatic rings. The Bertz CT molecular complexity index is 561. The van der Waals surface area contributed by atoms with E-state index in [1.54, 1.807) is 0 Å². The fourth-order valence-corrected chi connectivity index (χ4v) is 1.47. The first kappa shape index (κ1) is 15.7. The van der Waals surface area contributed by atoms with Gasteiger partial charge in [0.25, 0.3) is 5.91 Å². The van der Waals surface area contributed by atoms with Gasteiger partial charge in [0.1, 0.15) is 5.82 Å². The van der Waals surface area contributed by atoms with Crippen molar-refractivity contribution in [2.24, 2.45) is 5.73 Å². The van der Waals surface area contributed by atoms with Crippen LogP contribution < -0.4 is 16.4 Å². The van der Waals surface area contributed by atoms with Crippen LogP contribution in [0.5, 0.6) is 0 Å². The Kier molecular flexibility index (Phi) is 6.20. The van der Waals surface area contributed by atoms with Crippen molar-refractivity contribution in [3.05, 3.63) is 35.1 Å². The minimum Gasteiger partial charge on any atom is -0.359 e. The summed E-state index contributed by atoms with van der Waals surface area (Å²) in [7, 11) is 1.51. The van der Waals surface area contributed by atoms with E-state index in [1.807, 2.05) is 0 Å². The maximum absolute atomic E-state index is 13.2. The molecule has 0 saturated carbocycles. The van der Waals surface area contributed by atoms with Crippen LogP contribution in [0.3, 0.4) is 0 Å². The molecule has 106 valence electrons. The van der Waals surface area contributed by atoms with Gasteiger partial charge in [-0.05, 0) is 18.2 Å². The van der Waals surface area contributed by atoms with Gasteiger partial charge in [0.15, 0.2) is 0 Å². The van der Waals surface area contributed by atoms with E-state index in [0.29, 0.717) is 5.56 Å². The Balaban J connectivity index is 2.80. The number of benzene rings is 1. The van der Waals surface area contributed by atoms with Gasteiger partial charge in [0.05, 0.1) is 12.1 Å².